The van der Waals surface area contributed by atoms with Crippen molar-refractivity contribution >= 4 is 6.21 Å². The summed E-state index contributed by atoms with van der Waals surface area (Å²) in [7, 11) is 1.72. The highest BCUT2D eigenvalue weighted by Gasteiger charge is 1.84. The maximum atomic E-state index is 5.24. The highest BCUT2D eigenvalue weighted by Crippen LogP contribution is 1.95. The van der Waals surface area contributed by atoms with Crippen LogP contribution in [-0.2, 0) is 0 Å². The number of aliphatic imine (C=N–C) groups is 1. The Morgan fingerprint density at radius 2 is 1.59 bits per heavy atom. The topological polar surface area (TPSA) is 50.4 Å². The number of nitrogens with zero attached hydrogens (tertiary/aromatic N) is 1. The third-order valence-corrected chi connectivity index (χ3v) is 1.35. The average molecular weight is 239 g/mol. The molecule has 3 heteroatoms. The van der Waals surface area contributed by atoms with E-state index in [1.54, 1.807) is 13.3 Å². The Kier molecular flexibility index (Phi) is 24.8. The molecular weight excluding hydrogens is 210 g/mol. The van der Waals surface area contributed by atoms with E-state index in [1.165, 1.54) is 5.57 Å². The molecule has 0 amide bonds. The minimum absolute atomic E-state index is 0.857. The minimum Gasteiger partial charge on any atom is -0.324 e. The normalized spacial score (nSPS) is 10.2. The maximum Gasteiger partial charge on any atom is 0.0499 e. The molecule has 100 valence electrons. The standard InChI is InChI=1S/C8H15N3.C4H8.C2H6/c1-7(2)6-8(11-9)4-5-10-3;1-3-4-2;1-2/h4-6,11H,9H2,1-3H3;3-4H,1-2H3;1-2H3/b8-4-,10-5?;4-3+;. The Morgan fingerprint density at radius 1 is 1.12 bits per heavy atom. The summed E-state index contributed by atoms with van der Waals surface area (Å²) in [5, 5.41) is 0. The zero-order valence-electron chi connectivity index (χ0n) is 12.4. The van der Waals surface area contributed by atoms with Crippen molar-refractivity contribution in [3.05, 3.63) is 35.6 Å². The number of hydrogen-bond donors (Lipinski definition) is 2. The summed E-state index contributed by atoms with van der Waals surface area (Å²) in [5.41, 5.74) is 4.61. The molecule has 0 fully saturated rings. The molecule has 0 aromatic carbocycles. The molecule has 0 aliphatic carbocycles. The lowest BCUT2D eigenvalue weighted by Crippen LogP contribution is -2.20. The van der Waals surface area contributed by atoms with Gasteiger partial charge in [0, 0.05) is 19.0 Å². The van der Waals surface area contributed by atoms with Crippen LogP contribution in [0.25, 0.3) is 0 Å². The van der Waals surface area contributed by atoms with Gasteiger partial charge in [0.1, 0.15) is 0 Å². The van der Waals surface area contributed by atoms with Crippen LogP contribution in [0.5, 0.6) is 0 Å². The van der Waals surface area contributed by atoms with Gasteiger partial charge in [-0.25, -0.2) is 0 Å². The third-order valence-electron chi connectivity index (χ3n) is 1.35. The molecule has 0 aromatic rings. The van der Waals surface area contributed by atoms with Gasteiger partial charge in [-0.05, 0) is 39.8 Å². The van der Waals surface area contributed by atoms with E-state index in [0.717, 1.165) is 5.70 Å². The minimum atomic E-state index is 0.857. The summed E-state index contributed by atoms with van der Waals surface area (Å²) in [6, 6.07) is 0. The number of hydrazine groups is 1. The summed E-state index contributed by atoms with van der Waals surface area (Å²) in [6.07, 6.45) is 9.45. The Hall–Kier alpha value is -1.35. The van der Waals surface area contributed by atoms with Crippen molar-refractivity contribution in [1.29, 1.82) is 0 Å². The fourth-order valence-electron chi connectivity index (χ4n) is 0.604. The second kappa shape index (κ2) is 20.1. The van der Waals surface area contributed by atoms with Crippen molar-refractivity contribution < 1.29 is 0 Å². The van der Waals surface area contributed by atoms with Crippen LogP contribution in [0.15, 0.2) is 40.6 Å². The van der Waals surface area contributed by atoms with Gasteiger partial charge in [0.15, 0.2) is 0 Å². The summed E-state index contributed by atoms with van der Waals surface area (Å²) < 4.78 is 0. The Morgan fingerprint density at radius 3 is 1.82 bits per heavy atom. The fourth-order valence-corrected chi connectivity index (χ4v) is 0.604. The SMILES string of the molecule is C/C=C/C.CC.CN=C/C=C(/C=C(C)C)NN. The molecule has 0 aliphatic heterocycles. The molecule has 3 nitrogen and oxygen atoms in total. The fraction of sp³-hybridized carbons (Fsp3) is 0.500. The van der Waals surface area contributed by atoms with Gasteiger partial charge in [0.25, 0.3) is 0 Å². The van der Waals surface area contributed by atoms with E-state index in [0.29, 0.717) is 0 Å². The van der Waals surface area contributed by atoms with Crippen molar-refractivity contribution in [3.8, 4) is 0 Å². The molecule has 0 bridgehead atoms. The van der Waals surface area contributed by atoms with Crippen molar-refractivity contribution in [2.24, 2.45) is 10.8 Å². The van der Waals surface area contributed by atoms with Crippen LogP contribution in [0.3, 0.4) is 0 Å². The number of hydrogen-bond acceptors (Lipinski definition) is 3. The highest BCUT2D eigenvalue weighted by atomic mass is 15.2. The van der Waals surface area contributed by atoms with Crippen LogP contribution < -0.4 is 11.3 Å². The first-order chi connectivity index (χ1) is 8.12. The van der Waals surface area contributed by atoms with Crippen molar-refractivity contribution in [1.82, 2.24) is 5.43 Å². The molecule has 0 aliphatic rings. The molecule has 0 unspecified atom stereocenters. The van der Waals surface area contributed by atoms with Gasteiger partial charge >= 0.3 is 0 Å². The van der Waals surface area contributed by atoms with Gasteiger partial charge in [-0.3, -0.25) is 10.8 Å². The monoisotopic (exact) mass is 239 g/mol. The lowest BCUT2D eigenvalue weighted by Gasteiger charge is -1.98. The first-order valence-corrected chi connectivity index (χ1v) is 5.93. The number of nitrogens with one attached hydrogen (secondary N) is 1. The number of nitrogens with two attached hydrogens (primary N) is 1. The van der Waals surface area contributed by atoms with Crippen LogP contribution in [-0.4, -0.2) is 13.3 Å². The Balaban J connectivity index is -0.000000275. The molecule has 17 heavy (non-hydrogen) atoms. The smallest absolute Gasteiger partial charge is 0.0499 e. The number of rotatable bonds is 3. The van der Waals surface area contributed by atoms with E-state index in [-0.39, 0.29) is 0 Å². The van der Waals surface area contributed by atoms with Gasteiger partial charge in [0.2, 0.25) is 0 Å². The van der Waals surface area contributed by atoms with Gasteiger partial charge < -0.3 is 5.43 Å². The lowest BCUT2D eigenvalue weighted by atomic mass is 10.3. The van der Waals surface area contributed by atoms with Crippen LogP contribution in [0, 0.1) is 0 Å². The van der Waals surface area contributed by atoms with E-state index in [1.807, 2.05) is 65.8 Å². The zero-order valence-corrected chi connectivity index (χ0v) is 12.4. The van der Waals surface area contributed by atoms with Gasteiger partial charge in [-0.15, -0.1) is 0 Å². The molecular formula is C14H29N3. The van der Waals surface area contributed by atoms with E-state index in [4.69, 9.17) is 5.84 Å². The van der Waals surface area contributed by atoms with Crippen LogP contribution in [0.1, 0.15) is 41.5 Å². The quantitative estimate of drug-likeness (QED) is 0.260. The Bertz CT molecular complexity index is 240. The first kappa shape index (κ1) is 21.0. The van der Waals surface area contributed by atoms with Crippen molar-refractivity contribution in [2.45, 2.75) is 41.5 Å². The number of allylic oxidation sites excluding steroid dienone is 5. The molecule has 0 spiro atoms. The molecule has 0 atom stereocenters. The molecule has 0 saturated heterocycles. The summed E-state index contributed by atoms with van der Waals surface area (Å²) >= 11 is 0. The Labute approximate surface area is 107 Å². The lowest BCUT2D eigenvalue weighted by molar-refractivity contribution is 0.915. The van der Waals surface area contributed by atoms with Crippen LogP contribution in [0.2, 0.25) is 0 Å². The first-order valence-electron chi connectivity index (χ1n) is 5.93. The van der Waals surface area contributed by atoms with Gasteiger partial charge in [-0.2, -0.15) is 0 Å². The van der Waals surface area contributed by atoms with Gasteiger partial charge in [0.05, 0.1) is 0 Å². The maximum absolute atomic E-state index is 5.24. The molecule has 3 N–H and O–H groups in total. The molecule has 0 radical (unpaired) electrons. The van der Waals surface area contributed by atoms with Crippen molar-refractivity contribution in [2.75, 3.05) is 7.05 Å². The predicted molar refractivity (Wildman–Crippen MR) is 81.1 cm³/mol. The third kappa shape index (κ3) is 25.2. The second-order valence-electron chi connectivity index (χ2n) is 3.06. The average Bonchev–Trinajstić information content (AvgIpc) is 2.36. The van der Waals surface area contributed by atoms with E-state index in [9.17, 15) is 0 Å². The van der Waals surface area contributed by atoms with Crippen LogP contribution in [0.4, 0.5) is 0 Å². The second-order valence-corrected chi connectivity index (χ2v) is 3.06. The van der Waals surface area contributed by atoms with Crippen molar-refractivity contribution in [3.63, 3.8) is 0 Å². The van der Waals surface area contributed by atoms with Gasteiger partial charge in [-0.1, -0.05) is 31.6 Å². The summed E-state index contributed by atoms with van der Waals surface area (Å²) in [6.45, 7) is 12.0. The zero-order chi connectivity index (χ0) is 14.1. The molecule has 0 heterocycles. The van der Waals surface area contributed by atoms with E-state index in [2.05, 4.69) is 10.4 Å². The summed E-state index contributed by atoms with van der Waals surface area (Å²) in [5.74, 6) is 5.24. The molecule has 0 rings (SSSR count). The molecule has 0 aromatic heterocycles. The largest absolute Gasteiger partial charge is 0.324 e. The highest BCUT2D eigenvalue weighted by molar-refractivity contribution is 5.72. The van der Waals surface area contributed by atoms with E-state index >= 15 is 0 Å². The molecule has 0 saturated carbocycles. The predicted octanol–water partition coefficient (Wildman–Crippen LogP) is 3.61. The van der Waals surface area contributed by atoms with Crippen LogP contribution >= 0.6 is 0 Å². The van der Waals surface area contributed by atoms with E-state index < -0.39 is 0 Å². The summed E-state index contributed by atoms with van der Waals surface area (Å²) in [4.78, 5) is 3.80.